The van der Waals surface area contributed by atoms with E-state index in [0.29, 0.717) is 37.6 Å². The van der Waals surface area contributed by atoms with Crippen molar-refractivity contribution in [3.05, 3.63) is 77.6 Å². The Morgan fingerprint density at radius 3 is 2.47 bits per heavy atom. The number of nitrogens with one attached hydrogen (secondary N) is 1. The zero-order valence-corrected chi connectivity index (χ0v) is 19.2. The summed E-state index contributed by atoms with van der Waals surface area (Å²) in [4.78, 5) is 27.6. The summed E-state index contributed by atoms with van der Waals surface area (Å²) >= 11 is 0. The molecule has 1 aromatic heterocycles. The van der Waals surface area contributed by atoms with Gasteiger partial charge < -0.3 is 18.9 Å². The summed E-state index contributed by atoms with van der Waals surface area (Å²) in [6.45, 7) is 3.21. The molecule has 178 valence electrons. The first kappa shape index (κ1) is 23.5. The molecule has 0 saturated carbocycles. The second-order valence-corrected chi connectivity index (χ2v) is 9.27. The van der Waals surface area contributed by atoms with Crippen molar-refractivity contribution in [3.63, 3.8) is 0 Å². The number of morpholine rings is 1. The normalized spacial score (nSPS) is 14.9. The number of anilines is 1. The van der Waals surface area contributed by atoms with Crippen molar-refractivity contribution >= 4 is 27.7 Å². The molecule has 1 aliphatic rings. The van der Waals surface area contributed by atoms with Gasteiger partial charge >= 0.3 is 5.97 Å². The van der Waals surface area contributed by atoms with Crippen LogP contribution >= 0.6 is 0 Å². The number of hydrogen-bond donors (Lipinski definition) is 1. The van der Waals surface area contributed by atoms with Crippen molar-refractivity contribution in [1.82, 2.24) is 10.1 Å². The van der Waals surface area contributed by atoms with Gasteiger partial charge in [-0.3, -0.25) is 9.52 Å². The van der Waals surface area contributed by atoms with Crippen LogP contribution in [-0.2, 0) is 24.3 Å². The molecule has 1 N–H and O–H groups in total. The minimum Gasteiger partial charge on any atom is -0.444 e. The summed E-state index contributed by atoms with van der Waals surface area (Å²) in [5.41, 5.74) is 0.495. The second-order valence-electron chi connectivity index (χ2n) is 7.59. The van der Waals surface area contributed by atoms with Crippen LogP contribution in [-0.4, -0.2) is 56.7 Å². The molecule has 1 amide bonds. The zero-order chi connectivity index (χ0) is 24.1. The molecule has 1 saturated heterocycles. The molecule has 10 nitrogen and oxygen atoms in total. The Morgan fingerprint density at radius 2 is 1.79 bits per heavy atom. The topological polar surface area (TPSA) is 128 Å². The average molecular weight is 486 g/mol. The van der Waals surface area contributed by atoms with Crippen LogP contribution in [0, 0.1) is 6.92 Å². The summed E-state index contributed by atoms with van der Waals surface area (Å²) in [6, 6.07) is 15.4. The van der Waals surface area contributed by atoms with Crippen molar-refractivity contribution in [2.45, 2.75) is 17.9 Å². The highest BCUT2D eigenvalue weighted by atomic mass is 32.2. The molecule has 2 heterocycles. The largest absolute Gasteiger partial charge is 0.444 e. The van der Waals surface area contributed by atoms with E-state index in [0.717, 1.165) is 0 Å². The van der Waals surface area contributed by atoms with Crippen molar-refractivity contribution in [3.8, 4) is 0 Å². The van der Waals surface area contributed by atoms with E-state index in [1.807, 2.05) is 0 Å². The molecule has 3 aromatic rings. The van der Waals surface area contributed by atoms with Gasteiger partial charge in [0, 0.05) is 24.7 Å². The van der Waals surface area contributed by atoms with Crippen LogP contribution in [0.3, 0.4) is 0 Å². The fraction of sp³-hybridized carbons (Fsp3) is 0.261. The van der Waals surface area contributed by atoms with Crippen LogP contribution < -0.4 is 4.72 Å². The van der Waals surface area contributed by atoms with Gasteiger partial charge in [0.1, 0.15) is 5.76 Å². The minimum absolute atomic E-state index is 0.0186. The van der Waals surface area contributed by atoms with Gasteiger partial charge in [-0.05, 0) is 25.1 Å². The Kier molecular flexibility index (Phi) is 6.94. The van der Waals surface area contributed by atoms with Crippen LogP contribution in [0.2, 0.25) is 0 Å². The van der Waals surface area contributed by atoms with Crippen molar-refractivity contribution in [2.24, 2.45) is 0 Å². The van der Waals surface area contributed by atoms with E-state index >= 15 is 0 Å². The number of carbonyl (C=O) groups excluding carboxylic acids is 2. The van der Waals surface area contributed by atoms with Crippen LogP contribution in [0.25, 0.3) is 0 Å². The number of aromatic nitrogens is 1. The van der Waals surface area contributed by atoms with Crippen molar-refractivity contribution in [1.29, 1.82) is 0 Å². The van der Waals surface area contributed by atoms with Crippen LogP contribution in [0.5, 0.6) is 0 Å². The summed E-state index contributed by atoms with van der Waals surface area (Å²) in [7, 11) is -4.04. The number of esters is 1. The fourth-order valence-electron chi connectivity index (χ4n) is 3.41. The molecule has 11 heteroatoms. The molecule has 1 aliphatic heterocycles. The van der Waals surface area contributed by atoms with Gasteiger partial charge in [-0.25, -0.2) is 13.2 Å². The van der Waals surface area contributed by atoms with Gasteiger partial charge in [0.25, 0.3) is 15.9 Å². The van der Waals surface area contributed by atoms with Crippen LogP contribution in [0.15, 0.2) is 70.1 Å². The standard InChI is InChI=1S/C23H23N3O7S/c1-16-14-20(24-33-16)25-34(29,30)19-9-5-8-18(15-19)23(28)32-21(17-6-3-2-4-7-17)22(27)26-10-12-31-13-11-26/h2-9,14-15,21H,10-13H2,1H3,(H,24,25)/t21-/m1/s1. The first-order valence-corrected chi connectivity index (χ1v) is 12.0. The number of benzene rings is 2. The molecular weight excluding hydrogens is 462 g/mol. The number of amides is 1. The molecule has 0 bridgehead atoms. The number of sulfonamides is 1. The third kappa shape index (κ3) is 5.43. The second kappa shape index (κ2) is 10.1. The lowest BCUT2D eigenvalue weighted by molar-refractivity contribution is -0.145. The monoisotopic (exact) mass is 485 g/mol. The summed E-state index contributed by atoms with van der Waals surface area (Å²) in [5, 5.41) is 3.61. The summed E-state index contributed by atoms with van der Waals surface area (Å²) in [6.07, 6.45) is -1.18. The number of hydrogen-bond acceptors (Lipinski definition) is 8. The molecule has 0 unspecified atom stereocenters. The Morgan fingerprint density at radius 1 is 1.06 bits per heavy atom. The fourth-order valence-corrected chi connectivity index (χ4v) is 4.44. The quantitative estimate of drug-likeness (QED) is 0.506. The van der Waals surface area contributed by atoms with Gasteiger partial charge in [0.2, 0.25) is 6.10 Å². The Bertz CT molecular complexity index is 1270. The number of aryl methyl sites for hydroxylation is 1. The van der Waals surface area contributed by atoms with E-state index in [9.17, 15) is 18.0 Å². The summed E-state index contributed by atoms with van der Waals surface area (Å²) < 4.78 is 43.5. The maximum absolute atomic E-state index is 13.2. The van der Waals surface area contributed by atoms with E-state index in [-0.39, 0.29) is 22.2 Å². The van der Waals surface area contributed by atoms with E-state index in [2.05, 4.69) is 9.88 Å². The van der Waals surface area contributed by atoms with Gasteiger partial charge in [-0.1, -0.05) is 41.6 Å². The minimum atomic E-state index is -4.04. The third-order valence-corrected chi connectivity index (χ3v) is 6.47. The highest BCUT2D eigenvalue weighted by Crippen LogP contribution is 2.24. The van der Waals surface area contributed by atoms with Crippen LogP contribution in [0.1, 0.15) is 27.8 Å². The average Bonchev–Trinajstić information content (AvgIpc) is 3.26. The maximum atomic E-state index is 13.2. The first-order valence-electron chi connectivity index (χ1n) is 10.5. The molecular formula is C23H23N3O7S. The molecule has 4 rings (SSSR count). The molecule has 0 radical (unpaired) electrons. The number of ether oxygens (including phenoxy) is 2. The van der Waals surface area contributed by atoms with E-state index in [1.165, 1.54) is 30.3 Å². The van der Waals surface area contributed by atoms with Crippen molar-refractivity contribution in [2.75, 3.05) is 31.0 Å². The lowest BCUT2D eigenvalue weighted by Gasteiger charge is -2.30. The number of nitrogens with zero attached hydrogens (tertiary/aromatic N) is 2. The highest BCUT2D eigenvalue weighted by molar-refractivity contribution is 7.92. The molecule has 2 aromatic carbocycles. The maximum Gasteiger partial charge on any atom is 0.339 e. The zero-order valence-electron chi connectivity index (χ0n) is 18.3. The molecule has 1 atom stereocenters. The number of carbonyl (C=O) groups is 2. The first-order chi connectivity index (χ1) is 16.3. The number of rotatable bonds is 7. The van der Waals surface area contributed by atoms with E-state index in [1.54, 1.807) is 42.2 Å². The Balaban J connectivity index is 1.56. The summed E-state index contributed by atoms with van der Waals surface area (Å²) in [5.74, 6) is -0.739. The molecule has 34 heavy (non-hydrogen) atoms. The van der Waals surface area contributed by atoms with Gasteiger partial charge in [-0.2, -0.15) is 0 Å². The van der Waals surface area contributed by atoms with Gasteiger partial charge in [-0.15, -0.1) is 0 Å². The molecule has 0 aliphatic carbocycles. The van der Waals surface area contributed by atoms with Gasteiger partial charge in [0.05, 0.1) is 23.7 Å². The third-order valence-electron chi connectivity index (χ3n) is 5.12. The Hall–Kier alpha value is -3.70. The Labute approximate surface area is 196 Å². The lowest BCUT2D eigenvalue weighted by atomic mass is 10.1. The lowest BCUT2D eigenvalue weighted by Crippen LogP contribution is -2.44. The predicted octanol–water partition coefficient (Wildman–Crippen LogP) is 2.54. The van der Waals surface area contributed by atoms with Gasteiger partial charge in [0.15, 0.2) is 5.82 Å². The SMILES string of the molecule is Cc1cc(NS(=O)(=O)c2cccc(C(=O)O[C@@H](C(=O)N3CCOCC3)c3ccccc3)c2)no1. The predicted molar refractivity (Wildman–Crippen MR) is 120 cm³/mol. The van der Waals surface area contributed by atoms with E-state index in [4.69, 9.17) is 14.0 Å². The molecule has 1 fully saturated rings. The highest BCUT2D eigenvalue weighted by Gasteiger charge is 2.31. The smallest absolute Gasteiger partial charge is 0.339 e. The molecule has 0 spiro atoms. The van der Waals surface area contributed by atoms with E-state index < -0.39 is 22.1 Å². The van der Waals surface area contributed by atoms with Crippen LogP contribution in [0.4, 0.5) is 5.82 Å². The van der Waals surface area contributed by atoms with Crippen molar-refractivity contribution < 1.29 is 32.0 Å².